The van der Waals surface area contributed by atoms with Crippen molar-refractivity contribution in [3.8, 4) is 0 Å². The van der Waals surface area contributed by atoms with Crippen LogP contribution in [-0.2, 0) is 4.74 Å². The van der Waals surface area contributed by atoms with Crippen LogP contribution in [0.5, 0.6) is 0 Å². The van der Waals surface area contributed by atoms with E-state index in [1.807, 2.05) is 13.8 Å². The molecule has 0 spiro atoms. The Morgan fingerprint density at radius 2 is 1.93 bits per heavy atom. The molecule has 82 valence electrons. The molecule has 1 amide bonds. The number of piperidine rings is 1. The van der Waals surface area contributed by atoms with E-state index in [1.54, 1.807) is 4.90 Å². The summed E-state index contributed by atoms with van der Waals surface area (Å²) in [6, 6.07) is 0. The van der Waals surface area contributed by atoms with E-state index < -0.39 is 0 Å². The molecule has 0 unspecified atom stereocenters. The normalized spacial score (nSPS) is 17.9. The van der Waals surface area contributed by atoms with Crippen molar-refractivity contribution in [2.45, 2.75) is 32.8 Å². The smallest absolute Gasteiger partial charge is 0.410 e. The molecule has 14 heavy (non-hydrogen) atoms. The summed E-state index contributed by atoms with van der Waals surface area (Å²) in [5, 5.41) is 3.24. The molecule has 0 aliphatic carbocycles. The van der Waals surface area contributed by atoms with Crippen molar-refractivity contribution in [1.29, 1.82) is 0 Å². The molecule has 1 aliphatic rings. The first-order chi connectivity index (χ1) is 6.77. The Kier molecular flexibility index (Phi) is 4.73. The molecule has 0 bridgehead atoms. The summed E-state index contributed by atoms with van der Waals surface area (Å²) in [7, 11) is 0. The largest absolute Gasteiger partial charge is 0.446 e. The van der Waals surface area contributed by atoms with Crippen molar-refractivity contribution in [2.24, 2.45) is 0 Å². The number of ether oxygens (including phenoxy) is 1. The van der Waals surface area contributed by atoms with Gasteiger partial charge in [-0.2, -0.15) is 0 Å². The minimum atomic E-state index is -0.165. The van der Waals surface area contributed by atoms with Crippen LogP contribution in [0.2, 0.25) is 0 Å². The number of amides is 1. The van der Waals surface area contributed by atoms with Crippen molar-refractivity contribution in [3.05, 3.63) is 0 Å². The molecule has 0 aromatic rings. The molecule has 0 aromatic carbocycles. The van der Waals surface area contributed by atoms with Crippen LogP contribution in [0, 0.1) is 0 Å². The molecule has 1 fully saturated rings. The van der Waals surface area contributed by atoms with E-state index >= 15 is 0 Å². The standard InChI is InChI=1S/C10H20N2O2/c1-3-12(4-2)10(13)14-9-5-7-11-8-6-9/h9,11H,3-8H2,1-2H3. The zero-order valence-electron chi connectivity index (χ0n) is 9.08. The number of rotatable bonds is 3. The van der Waals surface area contributed by atoms with Gasteiger partial charge in [-0.3, -0.25) is 0 Å². The molecule has 0 atom stereocenters. The minimum Gasteiger partial charge on any atom is -0.446 e. The zero-order chi connectivity index (χ0) is 10.4. The van der Waals surface area contributed by atoms with Gasteiger partial charge in [-0.05, 0) is 39.8 Å². The highest BCUT2D eigenvalue weighted by atomic mass is 16.6. The zero-order valence-corrected chi connectivity index (χ0v) is 9.08. The number of carbonyl (C=O) groups excluding carboxylic acids is 1. The molecule has 1 N–H and O–H groups in total. The van der Waals surface area contributed by atoms with Crippen molar-refractivity contribution in [2.75, 3.05) is 26.2 Å². The maximum atomic E-state index is 11.6. The lowest BCUT2D eigenvalue weighted by atomic mass is 10.1. The minimum absolute atomic E-state index is 0.115. The molecular formula is C10H20N2O2. The SMILES string of the molecule is CCN(CC)C(=O)OC1CCNCC1. The van der Waals surface area contributed by atoms with Gasteiger partial charge in [0.25, 0.3) is 0 Å². The van der Waals surface area contributed by atoms with Gasteiger partial charge >= 0.3 is 6.09 Å². The van der Waals surface area contributed by atoms with Crippen molar-refractivity contribution < 1.29 is 9.53 Å². The first kappa shape index (κ1) is 11.3. The Morgan fingerprint density at radius 1 is 1.36 bits per heavy atom. The van der Waals surface area contributed by atoms with Gasteiger partial charge in [-0.1, -0.05) is 0 Å². The van der Waals surface area contributed by atoms with Crippen molar-refractivity contribution in [1.82, 2.24) is 10.2 Å². The van der Waals surface area contributed by atoms with E-state index in [9.17, 15) is 4.79 Å². The van der Waals surface area contributed by atoms with Gasteiger partial charge in [-0.25, -0.2) is 4.79 Å². The second-order valence-corrected chi connectivity index (χ2v) is 3.51. The molecule has 4 heteroatoms. The lowest BCUT2D eigenvalue weighted by Gasteiger charge is -2.26. The molecule has 1 aliphatic heterocycles. The Morgan fingerprint density at radius 3 is 2.43 bits per heavy atom. The third-order valence-electron chi connectivity index (χ3n) is 2.58. The third kappa shape index (κ3) is 3.18. The van der Waals surface area contributed by atoms with Gasteiger partial charge in [-0.15, -0.1) is 0 Å². The van der Waals surface area contributed by atoms with Crippen LogP contribution in [0.4, 0.5) is 4.79 Å². The van der Waals surface area contributed by atoms with Crippen molar-refractivity contribution in [3.63, 3.8) is 0 Å². The Hall–Kier alpha value is -0.770. The third-order valence-corrected chi connectivity index (χ3v) is 2.58. The second-order valence-electron chi connectivity index (χ2n) is 3.51. The van der Waals surface area contributed by atoms with Crippen LogP contribution in [0.3, 0.4) is 0 Å². The average molecular weight is 200 g/mol. The van der Waals surface area contributed by atoms with Gasteiger partial charge in [0.05, 0.1) is 0 Å². The van der Waals surface area contributed by atoms with Crippen LogP contribution < -0.4 is 5.32 Å². The Labute approximate surface area is 85.6 Å². The van der Waals surface area contributed by atoms with Crippen LogP contribution in [-0.4, -0.2) is 43.3 Å². The first-order valence-electron chi connectivity index (χ1n) is 5.44. The number of hydrogen-bond acceptors (Lipinski definition) is 3. The summed E-state index contributed by atoms with van der Waals surface area (Å²) >= 11 is 0. The first-order valence-corrected chi connectivity index (χ1v) is 5.44. The Balaban J connectivity index is 2.30. The number of nitrogens with one attached hydrogen (secondary N) is 1. The number of nitrogens with zero attached hydrogens (tertiary/aromatic N) is 1. The van der Waals surface area contributed by atoms with E-state index in [4.69, 9.17) is 4.74 Å². The highest BCUT2D eigenvalue weighted by Crippen LogP contribution is 2.09. The number of hydrogen-bond donors (Lipinski definition) is 1. The quantitative estimate of drug-likeness (QED) is 0.744. The van der Waals surface area contributed by atoms with Gasteiger partial charge in [0.2, 0.25) is 0 Å². The molecule has 0 aromatic heterocycles. The fourth-order valence-corrected chi connectivity index (χ4v) is 1.61. The lowest BCUT2D eigenvalue weighted by molar-refractivity contribution is 0.0513. The van der Waals surface area contributed by atoms with E-state index in [1.165, 1.54) is 0 Å². The van der Waals surface area contributed by atoms with Gasteiger partial charge in [0.15, 0.2) is 0 Å². The maximum absolute atomic E-state index is 11.6. The monoisotopic (exact) mass is 200 g/mol. The van der Waals surface area contributed by atoms with Crippen LogP contribution in [0.25, 0.3) is 0 Å². The summed E-state index contributed by atoms with van der Waals surface area (Å²) in [6.45, 7) is 7.29. The molecule has 1 rings (SSSR count). The predicted octanol–water partition coefficient (Wildman–Crippen LogP) is 1.22. The summed E-state index contributed by atoms with van der Waals surface area (Å²) in [5.41, 5.74) is 0. The van der Waals surface area contributed by atoms with E-state index in [0.717, 1.165) is 39.0 Å². The van der Waals surface area contributed by atoms with Crippen molar-refractivity contribution >= 4 is 6.09 Å². The van der Waals surface area contributed by atoms with Gasteiger partial charge in [0.1, 0.15) is 6.10 Å². The number of carbonyl (C=O) groups is 1. The highest BCUT2D eigenvalue weighted by molar-refractivity contribution is 5.67. The molecule has 0 radical (unpaired) electrons. The lowest BCUT2D eigenvalue weighted by Crippen LogP contribution is -2.38. The van der Waals surface area contributed by atoms with Crippen LogP contribution in [0.1, 0.15) is 26.7 Å². The topological polar surface area (TPSA) is 41.6 Å². The fourth-order valence-electron chi connectivity index (χ4n) is 1.61. The molecule has 4 nitrogen and oxygen atoms in total. The average Bonchev–Trinajstić information content (AvgIpc) is 2.21. The fraction of sp³-hybridized carbons (Fsp3) is 0.900. The van der Waals surface area contributed by atoms with E-state index in [0.29, 0.717) is 0 Å². The van der Waals surface area contributed by atoms with Gasteiger partial charge in [0, 0.05) is 13.1 Å². The molecule has 1 heterocycles. The summed E-state index contributed by atoms with van der Waals surface area (Å²) in [4.78, 5) is 13.3. The van der Waals surface area contributed by atoms with Gasteiger partial charge < -0.3 is 15.0 Å². The van der Waals surface area contributed by atoms with E-state index in [2.05, 4.69) is 5.32 Å². The molecule has 1 saturated heterocycles. The summed E-state index contributed by atoms with van der Waals surface area (Å²) in [5.74, 6) is 0. The highest BCUT2D eigenvalue weighted by Gasteiger charge is 2.19. The second kappa shape index (κ2) is 5.86. The summed E-state index contributed by atoms with van der Waals surface area (Å²) in [6.07, 6.45) is 1.83. The molecule has 0 saturated carbocycles. The van der Waals surface area contributed by atoms with E-state index in [-0.39, 0.29) is 12.2 Å². The summed E-state index contributed by atoms with van der Waals surface area (Å²) < 4.78 is 5.38. The Bertz CT molecular complexity index is 175. The maximum Gasteiger partial charge on any atom is 0.410 e. The predicted molar refractivity (Wildman–Crippen MR) is 55.3 cm³/mol. The molecular weight excluding hydrogens is 180 g/mol. The van der Waals surface area contributed by atoms with Crippen LogP contribution in [0.15, 0.2) is 0 Å². The van der Waals surface area contributed by atoms with Crippen LogP contribution >= 0.6 is 0 Å².